The molecule has 248 valence electrons. The van der Waals surface area contributed by atoms with E-state index in [1.54, 1.807) is 0 Å². The van der Waals surface area contributed by atoms with Crippen LogP contribution in [0.4, 0.5) is 0 Å². The van der Waals surface area contributed by atoms with Gasteiger partial charge in [-0.3, -0.25) is 32.0 Å². The molecule has 0 aliphatic carbocycles. The molecular weight excluding hydrogens is 725 g/mol. The Morgan fingerprint density at radius 1 is 0.891 bits per heavy atom. The predicted molar refractivity (Wildman–Crippen MR) is 154 cm³/mol. The number of hydrogen-bond donors (Lipinski definition) is 5. The maximum atomic E-state index is 13.1. The molecule has 4 unspecified atom stereocenters. The molecule has 46 heavy (non-hydrogen) atoms. The van der Waals surface area contributed by atoms with Crippen molar-refractivity contribution in [2.75, 3.05) is 13.2 Å². The van der Waals surface area contributed by atoms with Gasteiger partial charge in [0.15, 0.2) is 23.6 Å². The van der Waals surface area contributed by atoms with Crippen molar-refractivity contribution in [3.8, 4) is 0 Å². The first-order valence-corrected chi connectivity index (χ1v) is 17.3. The molecule has 0 bridgehead atoms. The molecule has 10 atom stereocenters. The largest absolute Gasteiger partial charge is 0.472 e. The monoisotopic (exact) mass is 744 g/mol. The Bertz CT molecular complexity index is 1990. The lowest BCUT2D eigenvalue weighted by Gasteiger charge is -2.27. The topological polar surface area (TPSA) is 252 Å². The number of nitrogens with zero attached hydrogens (tertiary/aromatic N) is 5. The Balaban J connectivity index is 1.18. The van der Waals surface area contributed by atoms with E-state index >= 15 is 0 Å². The van der Waals surface area contributed by atoms with Gasteiger partial charge in [0, 0.05) is 0 Å². The van der Waals surface area contributed by atoms with E-state index in [4.69, 9.17) is 62.4 Å². The van der Waals surface area contributed by atoms with Crippen LogP contribution in [0.15, 0.2) is 29.6 Å². The summed E-state index contributed by atoms with van der Waals surface area (Å²) in [5.41, 5.74) is -0.137. The van der Waals surface area contributed by atoms with Gasteiger partial charge in [0.25, 0.3) is 5.56 Å². The minimum Gasteiger partial charge on any atom is -0.386 e. The van der Waals surface area contributed by atoms with Crippen molar-refractivity contribution >= 4 is 72.6 Å². The van der Waals surface area contributed by atoms with E-state index in [2.05, 4.69) is 19.9 Å². The van der Waals surface area contributed by atoms with E-state index in [1.807, 2.05) is 0 Å². The Kier molecular flexibility index (Phi) is 8.37. The average molecular weight is 746 g/mol. The molecule has 3 aliphatic heterocycles. The highest BCUT2D eigenvalue weighted by atomic mass is 35.5. The molecule has 5 N–H and O–H groups in total. The number of phosphoric acid groups is 2. The minimum atomic E-state index is -5.07. The summed E-state index contributed by atoms with van der Waals surface area (Å²) in [6.45, 7) is -1.67. The third-order valence-electron chi connectivity index (χ3n) is 7.51. The lowest BCUT2D eigenvalue weighted by atomic mass is 10.1. The highest BCUT2D eigenvalue weighted by Gasteiger charge is 2.54. The number of benzene rings is 1. The van der Waals surface area contributed by atoms with Gasteiger partial charge in [-0.1, -0.05) is 23.2 Å². The van der Waals surface area contributed by atoms with E-state index in [-0.39, 0.29) is 37.5 Å². The first-order valence-electron chi connectivity index (χ1n) is 13.1. The summed E-state index contributed by atoms with van der Waals surface area (Å²) in [7, 11) is -10.1. The third kappa shape index (κ3) is 5.72. The van der Waals surface area contributed by atoms with Crippen molar-refractivity contribution in [1.82, 2.24) is 29.1 Å². The van der Waals surface area contributed by atoms with Crippen molar-refractivity contribution < 1.29 is 56.7 Å². The molecule has 24 heteroatoms. The maximum absolute atomic E-state index is 13.1. The average Bonchev–Trinajstić information content (AvgIpc) is 3.71. The normalized spacial score (nSPS) is 37.2. The third-order valence-corrected chi connectivity index (χ3v) is 10.5. The Labute approximate surface area is 270 Å². The van der Waals surface area contributed by atoms with Crippen molar-refractivity contribution in [1.29, 1.82) is 0 Å². The fourth-order valence-corrected chi connectivity index (χ4v) is 7.99. The van der Waals surface area contributed by atoms with Gasteiger partial charge < -0.3 is 34.5 Å². The molecule has 0 spiro atoms. The van der Waals surface area contributed by atoms with E-state index < -0.39 is 83.5 Å². The smallest absolute Gasteiger partial charge is 0.386 e. The number of halogens is 3. The molecule has 3 saturated heterocycles. The summed E-state index contributed by atoms with van der Waals surface area (Å²) < 4.78 is 61.1. The zero-order chi connectivity index (χ0) is 32.7. The number of aromatic amines is 1. The minimum absolute atomic E-state index is 0.00436. The van der Waals surface area contributed by atoms with Crippen LogP contribution in [0.2, 0.25) is 15.3 Å². The summed E-state index contributed by atoms with van der Waals surface area (Å²) in [4.78, 5) is 47.8. The first-order chi connectivity index (χ1) is 21.7. The van der Waals surface area contributed by atoms with Crippen LogP contribution in [0.25, 0.3) is 22.2 Å². The van der Waals surface area contributed by atoms with Crippen molar-refractivity contribution in [2.45, 2.75) is 49.1 Å². The van der Waals surface area contributed by atoms with E-state index in [0.29, 0.717) is 0 Å². The molecule has 4 aromatic rings. The Morgan fingerprint density at radius 3 is 2.13 bits per heavy atom. The Hall–Kier alpha value is -2.03. The van der Waals surface area contributed by atoms with E-state index in [9.17, 15) is 33.9 Å². The standard InChI is InChI=1S/C22H21Cl3N6O13P2/c23-7-1-9-10(2-8(7)24)31(22(25)29-9)21-15(33)17-12(42-21)4-40-45(35,36)43-16-11(3-39-46(37,38)44-17)41-20(14(16)32)30-6-28-13-18(30)26-5-27-19(13)34/h1-2,5-6,11-12,14-17,20-21,32-33H,3-4H2,(H,35,36)(H,37,38)(H,26,27,34)/t11-,12-,14+,15?,16?,17+,20-,21-/m1/s1. The fraction of sp³-hybridized carbons (Fsp3) is 0.455. The van der Waals surface area contributed by atoms with Gasteiger partial charge in [-0.15, -0.1) is 0 Å². The molecule has 0 saturated carbocycles. The van der Waals surface area contributed by atoms with Crippen LogP contribution < -0.4 is 5.56 Å². The van der Waals surface area contributed by atoms with E-state index in [1.165, 1.54) is 21.3 Å². The van der Waals surface area contributed by atoms with Gasteiger partial charge in [0.1, 0.15) is 36.6 Å². The first kappa shape index (κ1) is 32.5. The van der Waals surface area contributed by atoms with Crippen molar-refractivity contribution in [2.24, 2.45) is 0 Å². The highest BCUT2D eigenvalue weighted by molar-refractivity contribution is 7.47. The van der Waals surface area contributed by atoms with Crippen LogP contribution in [0.5, 0.6) is 0 Å². The summed E-state index contributed by atoms with van der Waals surface area (Å²) in [5, 5.41) is 22.5. The molecule has 19 nitrogen and oxygen atoms in total. The number of fused-ring (bicyclic) bond motifs is 4. The molecule has 0 radical (unpaired) electrons. The van der Waals surface area contributed by atoms with Gasteiger partial charge in [0.2, 0.25) is 5.28 Å². The van der Waals surface area contributed by atoms with Crippen LogP contribution in [0, 0.1) is 0 Å². The number of aromatic nitrogens is 6. The Morgan fingerprint density at radius 2 is 1.48 bits per heavy atom. The number of H-pyrrole nitrogens is 1. The van der Waals surface area contributed by atoms with Gasteiger partial charge in [-0.2, -0.15) is 0 Å². The van der Waals surface area contributed by atoms with Crippen LogP contribution in [0.3, 0.4) is 0 Å². The zero-order valence-electron chi connectivity index (χ0n) is 22.6. The summed E-state index contributed by atoms with van der Waals surface area (Å²) in [6.07, 6.45) is -10.5. The number of hydrogen-bond acceptors (Lipinski definition) is 14. The number of ether oxygens (including phenoxy) is 2. The van der Waals surface area contributed by atoms with Crippen LogP contribution >= 0.6 is 50.4 Å². The second kappa shape index (κ2) is 11.8. The quantitative estimate of drug-likeness (QED) is 0.183. The summed E-state index contributed by atoms with van der Waals surface area (Å²) in [5.74, 6) is 0. The highest BCUT2D eigenvalue weighted by Crippen LogP contribution is 2.54. The van der Waals surface area contributed by atoms with Crippen LogP contribution in [0.1, 0.15) is 12.5 Å². The van der Waals surface area contributed by atoms with Crippen molar-refractivity contribution in [3.05, 3.63) is 50.5 Å². The lowest BCUT2D eigenvalue weighted by Crippen LogP contribution is -2.39. The van der Waals surface area contributed by atoms with Gasteiger partial charge >= 0.3 is 15.6 Å². The van der Waals surface area contributed by atoms with Gasteiger partial charge in [-0.05, 0) is 23.7 Å². The van der Waals surface area contributed by atoms with Crippen LogP contribution in [-0.2, 0) is 36.7 Å². The number of aliphatic hydroxyl groups is 2. The van der Waals surface area contributed by atoms with Crippen molar-refractivity contribution in [3.63, 3.8) is 0 Å². The summed E-state index contributed by atoms with van der Waals surface area (Å²) >= 11 is 18.6. The molecular formula is C22H21Cl3N6O13P2. The number of rotatable bonds is 2. The molecule has 0 amide bonds. The molecule has 1 aromatic carbocycles. The molecule has 7 rings (SSSR count). The molecule has 3 aliphatic rings. The molecule has 3 fully saturated rings. The van der Waals surface area contributed by atoms with Gasteiger partial charge in [-0.25, -0.2) is 24.1 Å². The number of aliphatic hydroxyl groups excluding tert-OH is 2. The summed E-state index contributed by atoms with van der Waals surface area (Å²) in [6, 6.07) is 2.83. The SMILES string of the molecule is O=c1[nH]cnc2c1ncn2[C@@H]1O[C@@H]2COP(=O)(O)O[C@@H]3C(O)[C@H](n4c(Cl)nc5cc(Cl)c(Cl)cc54)O[C@@H]3COP(=O)(O)OC2[C@@H]1O. The second-order valence-electron chi connectivity index (χ2n) is 10.3. The number of imidazole rings is 2. The zero-order valence-corrected chi connectivity index (χ0v) is 26.6. The van der Waals surface area contributed by atoms with Gasteiger partial charge in [0.05, 0.1) is 46.9 Å². The second-order valence-corrected chi connectivity index (χ2v) is 14.3. The van der Waals surface area contributed by atoms with E-state index in [0.717, 1.165) is 12.7 Å². The number of phosphoric ester groups is 2. The predicted octanol–water partition coefficient (Wildman–Crippen LogP) is 1.66. The maximum Gasteiger partial charge on any atom is 0.472 e. The fourth-order valence-electron chi connectivity index (χ4n) is 5.47. The lowest BCUT2D eigenvalue weighted by molar-refractivity contribution is -0.0663. The van der Waals surface area contributed by atoms with Crippen LogP contribution in [-0.4, -0.2) is 98.9 Å². The number of nitrogens with one attached hydrogen (secondary N) is 1. The molecule has 6 heterocycles. The molecule has 3 aromatic heterocycles.